The number of methoxy groups -OCH3 is 1. The van der Waals surface area contributed by atoms with E-state index in [0.717, 1.165) is 11.1 Å². The van der Waals surface area contributed by atoms with Gasteiger partial charge in [0.1, 0.15) is 6.61 Å². The van der Waals surface area contributed by atoms with Gasteiger partial charge < -0.3 is 9.47 Å². The Labute approximate surface area is 186 Å². The zero-order chi connectivity index (χ0) is 22.9. The Bertz CT molecular complexity index is 1190. The number of nitrogens with zero attached hydrogens (tertiary/aromatic N) is 2. The zero-order valence-electron chi connectivity index (χ0n) is 17.7. The van der Waals surface area contributed by atoms with Gasteiger partial charge in [-0.05, 0) is 41.3 Å². The monoisotopic (exact) mass is 426 g/mol. The van der Waals surface area contributed by atoms with Gasteiger partial charge in [-0.15, -0.1) is 6.58 Å². The molecule has 0 spiro atoms. The summed E-state index contributed by atoms with van der Waals surface area (Å²) < 4.78 is 11.6. The SMILES string of the molecule is C=CCc1cc(/C=C(\C#N)c2cccc([N+](=O)[O-])c2)cc(OC)c1OCc1ccccc1. The first-order chi connectivity index (χ1) is 15.5. The molecule has 0 unspecified atom stereocenters. The maximum absolute atomic E-state index is 11.1. The number of non-ortho nitro benzene ring substituents is 1. The number of allylic oxidation sites excluding steroid dienone is 2. The predicted octanol–water partition coefficient (Wildman–Crippen LogP) is 5.98. The van der Waals surface area contributed by atoms with Crippen LogP contribution in [0.2, 0.25) is 0 Å². The van der Waals surface area contributed by atoms with E-state index < -0.39 is 4.92 Å². The molecule has 160 valence electrons. The van der Waals surface area contributed by atoms with Crippen molar-refractivity contribution in [1.29, 1.82) is 5.26 Å². The third-order valence-corrected chi connectivity index (χ3v) is 4.76. The van der Waals surface area contributed by atoms with E-state index in [1.807, 2.05) is 36.4 Å². The minimum atomic E-state index is -0.484. The molecule has 0 bridgehead atoms. The first-order valence-electron chi connectivity index (χ1n) is 9.91. The van der Waals surface area contributed by atoms with Gasteiger partial charge in [0.25, 0.3) is 5.69 Å². The Morgan fingerprint density at radius 3 is 2.59 bits per heavy atom. The first kappa shape index (κ1) is 22.3. The third-order valence-electron chi connectivity index (χ3n) is 4.76. The Morgan fingerprint density at radius 1 is 1.16 bits per heavy atom. The van der Waals surface area contributed by atoms with Crippen molar-refractivity contribution in [3.63, 3.8) is 0 Å². The minimum absolute atomic E-state index is 0.0711. The van der Waals surface area contributed by atoms with E-state index in [4.69, 9.17) is 9.47 Å². The molecule has 0 radical (unpaired) electrons. The Balaban J connectivity index is 2.00. The summed E-state index contributed by atoms with van der Waals surface area (Å²) in [7, 11) is 1.56. The molecule has 0 saturated heterocycles. The molecule has 0 fully saturated rings. The molecule has 0 aliphatic heterocycles. The standard InChI is InChI=1S/C26H22N2O4/c1-3-8-22-13-20(14-23(17-27)21-11-7-12-24(16-21)28(29)30)15-25(31-2)26(22)32-18-19-9-5-4-6-10-19/h3-7,9-16H,1,8,18H2,2H3/b23-14+. The van der Waals surface area contributed by atoms with Crippen molar-refractivity contribution >= 4 is 17.3 Å². The van der Waals surface area contributed by atoms with E-state index in [-0.39, 0.29) is 5.69 Å². The van der Waals surface area contributed by atoms with Crippen LogP contribution in [-0.2, 0) is 13.0 Å². The molecule has 0 saturated carbocycles. The van der Waals surface area contributed by atoms with Crippen molar-refractivity contribution in [2.45, 2.75) is 13.0 Å². The predicted molar refractivity (Wildman–Crippen MR) is 124 cm³/mol. The number of rotatable bonds is 9. The average Bonchev–Trinajstić information content (AvgIpc) is 2.82. The van der Waals surface area contributed by atoms with Crippen LogP contribution >= 0.6 is 0 Å². The summed E-state index contributed by atoms with van der Waals surface area (Å²) in [6.07, 6.45) is 3.99. The molecule has 0 aromatic heterocycles. The highest BCUT2D eigenvalue weighted by Crippen LogP contribution is 2.35. The fraction of sp³-hybridized carbons (Fsp3) is 0.115. The van der Waals surface area contributed by atoms with Gasteiger partial charge in [-0.3, -0.25) is 10.1 Å². The molecule has 3 aromatic rings. The van der Waals surface area contributed by atoms with Crippen molar-refractivity contribution < 1.29 is 14.4 Å². The first-order valence-corrected chi connectivity index (χ1v) is 9.91. The fourth-order valence-electron chi connectivity index (χ4n) is 3.25. The van der Waals surface area contributed by atoms with Crippen molar-refractivity contribution in [3.05, 3.63) is 112 Å². The van der Waals surface area contributed by atoms with Gasteiger partial charge in [0, 0.05) is 17.7 Å². The van der Waals surface area contributed by atoms with Crippen LogP contribution in [0.15, 0.2) is 79.4 Å². The lowest BCUT2D eigenvalue weighted by Gasteiger charge is -2.16. The Hall–Kier alpha value is -4.37. The summed E-state index contributed by atoms with van der Waals surface area (Å²) in [5, 5.41) is 20.8. The number of nitriles is 1. The second kappa shape index (κ2) is 10.6. The highest BCUT2D eigenvalue weighted by atomic mass is 16.6. The molecule has 0 aliphatic rings. The third kappa shape index (κ3) is 5.41. The van der Waals surface area contributed by atoms with Gasteiger partial charge >= 0.3 is 0 Å². The van der Waals surface area contributed by atoms with E-state index in [1.165, 1.54) is 12.1 Å². The van der Waals surface area contributed by atoms with Crippen molar-refractivity contribution in [3.8, 4) is 17.6 Å². The second-order valence-corrected chi connectivity index (χ2v) is 6.96. The Morgan fingerprint density at radius 2 is 1.94 bits per heavy atom. The highest BCUT2D eigenvalue weighted by Gasteiger charge is 2.14. The van der Waals surface area contributed by atoms with E-state index in [0.29, 0.717) is 41.2 Å². The van der Waals surface area contributed by atoms with Crippen LogP contribution in [-0.4, -0.2) is 12.0 Å². The molecular weight excluding hydrogens is 404 g/mol. The van der Waals surface area contributed by atoms with Gasteiger partial charge in [-0.2, -0.15) is 5.26 Å². The molecule has 3 aromatic carbocycles. The number of hydrogen-bond acceptors (Lipinski definition) is 5. The lowest BCUT2D eigenvalue weighted by atomic mass is 10.0. The van der Waals surface area contributed by atoms with Crippen LogP contribution in [0.4, 0.5) is 5.69 Å². The van der Waals surface area contributed by atoms with Crippen LogP contribution in [0.3, 0.4) is 0 Å². The maximum Gasteiger partial charge on any atom is 0.270 e. The van der Waals surface area contributed by atoms with Crippen LogP contribution in [0.5, 0.6) is 11.5 Å². The van der Waals surface area contributed by atoms with Gasteiger partial charge in [-0.1, -0.05) is 48.5 Å². The molecule has 6 heteroatoms. The summed E-state index contributed by atoms with van der Waals surface area (Å²) in [6, 6.07) is 21.6. The molecular formula is C26H22N2O4. The molecule has 0 atom stereocenters. The van der Waals surface area contributed by atoms with Crippen molar-refractivity contribution in [2.75, 3.05) is 7.11 Å². The number of nitro groups is 1. The molecule has 0 amide bonds. The highest BCUT2D eigenvalue weighted by molar-refractivity contribution is 5.90. The second-order valence-electron chi connectivity index (χ2n) is 6.96. The van der Waals surface area contributed by atoms with Gasteiger partial charge in [0.2, 0.25) is 0 Å². The van der Waals surface area contributed by atoms with Crippen LogP contribution in [0, 0.1) is 21.4 Å². The van der Waals surface area contributed by atoms with Gasteiger partial charge in [0.15, 0.2) is 11.5 Å². The van der Waals surface area contributed by atoms with Crippen molar-refractivity contribution in [2.24, 2.45) is 0 Å². The number of benzene rings is 3. The summed E-state index contributed by atoms with van der Waals surface area (Å²) in [4.78, 5) is 10.6. The normalized spacial score (nSPS) is 10.8. The zero-order valence-corrected chi connectivity index (χ0v) is 17.7. The topological polar surface area (TPSA) is 85.4 Å². The quantitative estimate of drug-likeness (QED) is 0.138. The summed E-state index contributed by atoms with van der Waals surface area (Å²) >= 11 is 0. The Kier molecular flexibility index (Phi) is 7.39. The fourth-order valence-corrected chi connectivity index (χ4v) is 3.25. The lowest BCUT2D eigenvalue weighted by molar-refractivity contribution is -0.384. The molecule has 6 nitrogen and oxygen atoms in total. The lowest BCUT2D eigenvalue weighted by Crippen LogP contribution is -2.01. The summed E-state index contributed by atoms with van der Waals surface area (Å²) in [5.74, 6) is 1.14. The van der Waals surface area contributed by atoms with Crippen LogP contribution < -0.4 is 9.47 Å². The summed E-state index contributed by atoms with van der Waals surface area (Å²) in [5.41, 5.74) is 3.30. The van der Waals surface area contributed by atoms with Crippen molar-refractivity contribution in [1.82, 2.24) is 0 Å². The van der Waals surface area contributed by atoms with Crippen LogP contribution in [0.25, 0.3) is 11.6 Å². The van der Waals surface area contributed by atoms with Crippen LogP contribution in [0.1, 0.15) is 22.3 Å². The molecule has 32 heavy (non-hydrogen) atoms. The molecule has 3 rings (SSSR count). The van der Waals surface area contributed by atoms with Gasteiger partial charge in [-0.25, -0.2) is 0 Å². The number of ether oxygens (including phenoxy) is 2. The smallest absolute Gasteiger partial charge is 0.270 e. The van der Waals surface area contributed by atoms with E-state index in [9.17, 15) is 15.4 Å². The molecule has 0 N–H and O–H groups in total. The van der Waals surface area contributed by atoms with E-state index in [1.54, 1.807) is 37.5 Å². The number of hydrogen-bond donors (Lipinski definition) is 0. The molecule has 0 aliphatic carbocycles. The van der Waals surface area contributed by atoms with E-state index >= 15 is 0 Å². The molecule has 0 heterocycles. The number of nitro benzene ring substituents is 1. The minimum Gasteiger partial charge on any atom is -0.493 e. The maximum atomic E-state index is 11.1. The van der Waals surface area contributed by atoms with E-state index in [2.05, 4.69) is 12.6 Å². The van der Waals surface area contributed by atoms with Gasteiger partial charge in [0.05, 0.1) is 23.7 Å². The largest absolute Gasteiger partial charge is 0.493 e. The summed E-state index contributed by atoms with van der Waals surface area (Å²) in [6.45, 7) is 4.21. The average molecular weight is 426 g/mol.